The van der Waals surface area contributed by atoms with Gasteiger partial charge in [-0.25, -0.2) is 8.42 Å². The lowest BCUT2D eigenvalue weighted by molar-refractivity contribution is -0.134. The lowest BCUT2D eigenvalue weighted by atomic mass is 10.2. The minimum atomic E-state index is -3.55. The van der Waals surface area contributed by atoms with E-state index in [9.17, 15) is 13.2 Å². The van der Waals surface area contributed by atoms with Gasteiger partial charge in [-0.3, -0.25) is 4.79 Å². The summed E-state index contributed by atoms with van der Waals surface area (Å²) in [6.07, 6.45) is 0. The molecule has 2 rings (SSSR count). The molecule has 0 saturated carbocycles. The summed E-state index contributed by atoms with van der Waals surface area (Å²) in [6.45, 7) is -0.335. The van der Waals surface area contributed by atoms with Crippen LogP contribution in [0.5, 0.6) is 0 Å². The molecule has 0 aliphatic carbocycles. The van der Waals surface area contributed by atoms with Gasteiger partial charge >= 0.3 is 5.97 Å². The number of benzene rings is 2. The van der Waals surface area contributed by atoms with Crippen molar-refractivity contribution in [1.82, 2.24) is 0 Å². The normalized spacial score (nSPS) is 11.0. The summed E-state index contributed by atoms with van der Waals surface area (Å²) in [4.78, 5) is 10.7. The smallest absolute Gasteiger partial charge is 0.322 e. The zero-order chi connectivity index (χ0) is 15.3. The van der Waals surface area contributed by atoms with Gasteiger partial charge in [0.2, 0.25) is 0 Å². The molecule has 2 N–H and O–H groups in total. The summed E-state index contributed by atoms with van der Waals surface area (Å²) < 4.78 is 25.0. The summed E-state index contributed by atoms with van der Waals surface area (Å²) in [7, 11) is -3.55. The molecule has 0 fully saturated rings. The van der Waals surface area contributed by atoms with Gasteiger partial charge in [0.1, 0.15) is 6.54 Å². The van der Waals surface area contributed by atoms with Crippen molar-refractivity contribution in [2.24, 2.45) is 0 Å². The van der Waals surface area contributed by atoms with E-state index < -0.39 is 15.8 Å². The monoisotopic (exact) mass is 305 g/mol. The molecule has 110 valence electrons. The van der Waals surface area contributed by atoms with Crippen LogP contribution in [0.1, 0.15) is 5.56 Å². The van der Waals surface area contributed by atoms with E-state index in [-0.39, 0.29) is 17.2 Å². The zero-order valence-electron chi connectivity index (χ0n) is 11.2. The van der Waals surface area contributed by atoms with Gasteiger partial charge < -0.3 is 10.4 Å². The van der Waals surface area contributed by atoms with Gasteiger partial charge in [-0.05, 0) is 17.7 Å². The van der Waals surface area contributed by atoms with E-state index in [1.54, 1.807) is 42.5 Å². The van der Waals surface area contributed by atoms with E-state index in [1.807, 2.05) is 6.07 Å². The molecular weight excluding hydrogens is 290 g/mol. The third-order valence-electron chi connectivity index (χ3n) is 2.85. The Morgan fingerprint density at radius 2 is 1.62 bits per heavy atom. The molecule has 0 unspecified atom stereocenters. The predicted molar refractivity (Wildman–Crippen MR) is 79.9 cm³/mol. The van der Waals surface area contributed by atoms with Crippen molar-refractivity contribution in [2.45, 2.75) is 10.6 Å². The number of carbonyl (C=O) groups is 1. The Labute approximate surface area is 123 Å². The Balaban J connectivity index is 2.29. The second-order valence-corrected chi connectivity index (χ2v) is 6.45. The first-order chi connectivity index (χ1) is 9.99. The number of hydrogen-bond donors (Lipinski definition) is 2. The minimum absolute atomic E-state index is 0.107. The Morgan fingerprint density at radius 1 is 1.00 bits per heavy atom. The molecule has 0 aliphatic heterocycles. The molecule has 0 heterocycles. The molecule has 21 heavy (non-hydrogen) atoms. The molecule has 0 saturated heterocycles. The van der Waals surface area contributed by atoms with Crippen LogP contribution in [0.15, 0.2) is 59.5 Å². The maximum atomic E-state index is 12.5. The molecule has 5 nitrogen and oxygen atoms in total. The fraction of sp³-hybridized carbons (Fsp3) is 0.133. The average Bonchev–Trinajstić information content (AvgIpc) is 2.46. The Morgan fingerprint density at radius 3 is 2.29 bits per heavy atom. The number of carboxylic acid groups (broad SMARTS) is 1. The van der Waals surface area contributed by atoms with E-state index in [1.165, 1.54) is 6.07 Å². The Hall–Kier alpha value is -2.34. The molecule has 6 heteroatoms. The van der Waals surface area contributed by atoms with E-state index in [0.29, 0.717) is 11.3 Å². The van der Waals surface area contributed by atoms with Gasteiger partial charge in [-0.15, -0.1) is 0 Å². The minimum Gasteiger partial charge on any atom is -0.480 e. The molecule has 2 aromatic carbocycles. The van der Waals surface area contributed by atoms with Gasteiger partial charge in [0, 0.05) is 0 Å². The third-order valence-corrected chi connectivity index (χ3v) is 4.59. The summed E-state index contributed by atoms with van der Waals surface area (Å²) >= 11 is 0. The summed E-state index contributed by atoms with van der Waals surface area (Å²) in [5.41, 5.74) is 0.987. The molecule has 0 aromatic heterocycles. The third kappa shape index (κ3) is 4.06. The SMILES string of the molecule is O=C(O)CNc1ccccc1S(=O)(=O)Cc1ccccc1. The zero-order valence-corrected chi connectivity index (χ0v) is 12.0. The lowest BCUT2D eigenvalue weighted by Crippen LogP contribution is -2.15. The Kier molecular flexibility index (Phi) is 4.59. The van der Waals surface area contributed by atoms with Crippen molar-refractivity contribution >= 4 is 21.5 Å². The molecule has 0 spiro atoms. The number of aliphatic carboxylic acids is 1. The number of sulfone groups is 1. The van der Waals surface area contributed by atoms with Crippen LogP contribution >= 0.6 is 0 Å². The number of para-hydroxylation sites is 1. The highest BCUT2D eigenvalue weighted by molar-refractivity contribution is 7.90. The molecule has 0 atom stereocenters. The summed E-state index contributed by atoms with van der Waals surface area (Å²) in [6, 6.07) is 15.2. The van der Waals surface area contributed by atoms with Gasteiger partial charge in [-0.1, -0.05) is 42.5 Å². The highest BCUT2D eigenvalue weighted by Gasteiger charge is 2.19. The second-order valence-electron chi connectivity index (χ2n) is 4.49. The van der Waals surface area contributed by atoms with Crippen LogP contribution in [-0.2, 0) is 20.4 Å². The van der Waals surface area contributed by atoms with Gasteiger partial charge in [0.25, 0.3) is 0 Å². The molecule has 0 bridgehead atoms. The van der Waals surface area contributed by atoms with Gasteiger partial charge in [0.05, 0.1) is 16.3 Å². The van der Waals surface area contributed by atoms with E-state index in [2.05, 4.69) is 5.32 Å². The van der Waals surface area contributed by atoms with Crippen molar-refractivity contribution in [1.29, 1.82) is 0 Å². The first-order valence-corrected chi connectivity index (χ1v) is 7.95. The highest BCUT2D eigenvalue weighted by Crippen LogP contribution is 2.24. The van der Waals surface area contributed by atoms with Crippen LogP contribution in [0.25, 0.3) is 0 Å². The summed E-state index contributed by atoms with van der Waals surface area (Å²) in [5.74, 6) is -1.18. The van der Waals surface area contributed by atoms with Crippen molar-refractivity contribution in [2.75, 3.05) is 11.9 Å². The lowest BCUT2D eigenvalue weighted by Gasteiger charge is -2.11. The number of carboxylic acids is 1. The topological polar surface area (TPSA) is 83.5 Å². The van der Waals surface area contributed by atoms with Gasteiger partial charge in [0.15, 0.2) is 9.84 Å². The fourth-order valence-corrected chi connectivity index (χ4v) is 3.47. The van der Waals surface area contributed by atoms with E-state index >= 15 is 0 Å². The van der Waals surface area contributed by atoms with Crippen LogP contribution in [-0.4, -0.2) is 26.0 Å². The van der Waals surface area contributed by atoms with Crippen molar-refractivity contribution < 1.29 is 18.3 Å². The standard InChI is InChI=1S/C15H15NO4S/c17-15(18)10-16-13-8-4-5-9-14(13)21(19,20)11-12-6-2-1-3-7-12/h1-9,16H,10-11H2,(H,17,18). The average molecular weight is 305 g/mol. The second kappa shape index (κ2) is 6.41. The van der Waals surface area contributed by atoms with Crippen LogP contribution in [0.2, 0.25) is 0 Å². The highest BCUT2D eigenvalue weighted by atomic mass is 32.2. The van der Waals surface area contributed by atoms with Crippen molar-refractivity contribution in [3.05, 3.63) is 60.2 Å². The van der Waals surface area contributed by atoms with Crippen molar-refractivity contribution in [3.8, 4) is 0 Å². The maximum Gasteiger partial charge on any atom is 0.322 e. The Bertz CT molecular complexity index is 726. The van der Waals surface area contributed by atoms with Crippen LogP contribution in [0.4, 0.5) is 5.69 Å². The van der Waals surface area contributed by atoms with E-state index in [4.69, 9.17) is 5.11 Å². The number of hydrogen-bond acceptors (Lipinski definition) is 4. The number of rotatable bonds is 6. The summed E-state index contributed by atoms with van der Waals surface area (Å²) in [5, 5.41) is 11.3. The van der Waals surface area contributed by atoms with Crippen LogP contribution in [0, 0.1) is 0 Å². The van der Waals surface area contributed by atoms with E-state index in [0.717, 1.165) is 0 Å². The number of nitrogens with one attached hydrogen (secondary N) is 1. The van der Waals surface area contributed by atoms with Crippen molar-refractivity contribution in [3.63, 3.8) is 0 Å². The molecule has 0 radical (unpaired) electrons. The molecular formula is C15H15NO4S. The maximum absolute atomic E-state index is 12.5. The molecule has 0 amide bonds. The number of anilines is 1. The first-order valence-electron chi connectivity index (χ1n) is 6.30. The van der Waals surface area contributed by atoms with Crippen LogP contribution < -0.4 is 5.32 Å². The van der Waals surface area contributed by atoms with Gasteiger partial charge in [-0.2, -0.15) is 0 Å². The van der Waals surface area contributed by atoms with Crippen LogP contribution in [0.3, 0.4) is 0 Å². The quantitative estimate of drug-likeness (QED) is 0.854. The molecule has 0 aliphatic rings. The predicted octanol–water partition coefficient (Wildman–Crippen LogP) is 2.16. The molecule has 2 aromatic rings. The largest absolute Gasteiger partial charge is 0.480 e. The first kappa shape index (κ1) is 15.1. The fourth-order valence-electron chi connectivity index (χ4n) is 1.93.